The van der Waals surface area contributed by atoms with E-state index in [9.17, 15) is 14.4 Å². The molecule has 0 aromatic carbocycles. The first-order valence-electron chi connectivity index (χ1n) is 6.93. The number of carbonyl (C=O) groups excluding carboxylic acids is 3. The summed E-state index contributed by atoms with van der Waals surface area (Å²) < 4.78 is 21.2. The number of carbonyl (C=O) groups is 3. The predicted molar refractivity (Wildman–Crippen MR) is 71.0 cm³/mol. The van der Waals surface area contributed by atoms with Crippen LogP contribution in [0.4, 0.5) is 0 Å². The average Bonchev–Trinajstić information content (AvgIpc) is 2.35. The van der Waals surface area contributed by atoms with E-state index < -0.39 is 36.4 Å². The Bertz CT molecular complexity index is 406. The molecule has 0 spiro atoms. The third-order valence-electron chi connectivity index (χ3n) is 3.29. The second-order valence-corrected chi connectivity index (χ2v) is 5.07. The summed E-state index contributed by atoms with van der Waals surface area (Å²) in [7, 11) is 0. The molecule has 7 heteroatoms. The quantitative estimate of drug-likeness (QED) is 0.569. The van der Waals surface area contributed by atoms with Gasteiger partial charge in [-0.2, -0.15) is 0 Å². The van der Waals surface area contributed by atoms with Gasteiger partial charge in [0.05, 0.1) is 6.10 Å². The van der Waals surface area contributed by atoms with E-state index in [0.29, 0.717) is 6.42 Å². The zero-order chi connectivity index (χ0) is 16.2. The first-order chi connectivity index (χ1) is 9.76. The summed E-state index contributed by atoms with van der Waals surface area (Å²) in [5.74, 6) is -1.83. The molecule has 7 nitrogen and oxygen atoms in total. The van der Waals surface area contributed by atoms with E-state index in [1.54, 1.807) is 0 Å². The number of hydrogen-bond acceptors (Lipinski definition) is 7. The van der Waals surface area contributed by atoms with Crippen LogP contribution >= 0.6 is 0 Å². The molecule has 0 aromatic rings. The molecule has 0 N–H and O–H groups in total. The van der Waals surface area contributed by atoms with Gasteiger partial charge in [-0.25, -0.2) is 0 Å². The highest BCUT2D eigenvalue weighted by Gasteiger charge is 2.48. The van der Waals surface area contributed by atoms with E-state index >= 15 is 0 Å². The maximum atomic E-state index is 11.3. The molecule has 5 atom stereocenters. The molecule has 1 heterocycles. The van der Waals surface area contributed by atoms with Crippen LogP contribution in [0.5, 0.6) is 0 Å². The van der Waals surface area contributed by atoms with E-state index in [2.05, 4.69) is 0 Å². The van der Waals surface area contributed by atoms with Gasteiger partial charge in [-0.05, 0) is 6.42 Å². The van der Waals surface area contributed by atoms with Crippen molar-refractivity contribution < 1.29 is 33.3 Å². The summed E-state index contributed by atoms with van der Waals surface area (Å²) in [4.78, 5) is 33.8. The maximum absolute atomic E-state index is 11.3. The van der Waals surface area contributed by atoms with Crippen LogP contribution < -0.4 is 0 Å². The van der Waals surface area contributed by atoms with Crippen LogP contribution in [0.15, 0.2) is 0 Å². The summed E-state index contributed by atoms with van der Waals surface area (Å²) in [6.07, 6.45) is -2.42. The summed E-state index contributed by atoms with van der Waals surface area (Å²) in [6.45, 7) is 7.47. The summed E-state index contributed by atoms with van der Waals surface area (Å²) in [5.41, 5.74) is 0. The Balaban J connectivity index is 3.05. The van der Waals surface area contributed by atoms with Gasteiger partial charge in [0.2, 0.25) is 12.4 Å². The second-order valence-electron chi connectivity index (χ2n) is 5.07. The van der Waals surface area contributed by atoms with E-state index in [1.807, 2.05) is 13.8 Å². The molecule has 0 saturated carbocycles. The minimum atomic E-state index is -1.09. The van der Waals surface area contributed by atoms with Crippen LogP contribution in [0, 0.1) is 5.92 Å². The lowest BCUT2D eigenvalue weighted by atomic mass is 9.89. The molecule has 0 radical (unpaired) electrons. The molecule has 0 amide bonds. The Morgan fingerprint density at radius 2 is 1.38 bits per heavy atom. The second kappa shape index (κ2) is 7.40. The molecule has 1 saturated heterocycles. The standard InChI is InChI=1S/C14H22O7/c1-6-11-7(2)12(18-8(3)15)13(19-9(4)16)14(21-11)20-10(5)17/h7,11-14H,6H2,1-5H3/t7-,11-,12+,13-,14+/m1/s1. The van der Waals surface area contributed by atoms with Crippen molar-refractivity contribution in [1.82, 2.24) is 0 Å². The molecule has 1 aliphatic heterocycles. The lowest BCUT2D eigenvalue weighted by Crippen LogP contribution is -2.57. The highest BCUT2D eigenvalue weighted by Crippen LogP contribution is 2.32. The van der Waals surface area contributed by atoms with Crippen molar-refractivity contribution in [3.63, 3.8) is 0 Å². The highest BCUT2D eigenvalue weighted by molar-refractivity contribution is 5.68. The molecular weight excluding hydrogens is 280 g/mol. The normalized spacial score (nSPS) is 32.1. The molecule has 0 unspecified atom stereocenters. The van der Waals surface area contributed by atoms with Crippen LogP contribution in [0.25, 0.3) is 0 Å². The van der Waals surface area contributed by atoms with Gasteiger partial charge in [0, 0.05) is 26.7 Å². The van der Waals surface area contributed by atoms with E-state index in [-0.39, 0.29) is 12.0 Å². The zero-order valence-electron chi connectivity index (χ0n) is 13.0. The van der Waals surface area contributed by atoms with E-state index in [0.717, 1.165) is 0 Å². The van der Waals surface area contributed by atoms with Crippen LogP contribution in [-0.4, -0.2) is 42.5 Å². The van der Waals surface area contributed by atoms with Gasteiger partial charge >= 0.3 is 17.9 Å². The third kappa shape index (κ3) is 4.70. The minimum absolute atomic E-state index is 0.199. The summed E-state index contributed by atoms with van der Waals surface area (Å²) >= 11 is 0. The molecule has 0 bridgehead atoms. The fourth-order valence-electron chi connectivity index (χ4n) is 2.45. The molecule has 1 rings (SSSR count). The molecule has 120 valence electrons. The van der Waals surface area contributed by atoms with Crippen molar-refractivity contribution in [1.29, 1.82) is 0 Å². The summed E-state index contributed by atoms with van der Waals surface area (Å²) in [6, 6.07) is 0. The van der Waals surface area contributed by atoms with E-state index in [4.69, 9.17) is 18.9 Å². The van der Waals surface area contributed by atoms with E-state index in [1.165, 1.54) is 20.8 Å². The van der Waals surface area contributed by atoms with Gasteiger partial charge in [0.1, 0.15) is 6.10 Å². The summed E-state index contributed by atoms with van der Waals surface area (Å²) in [5, 5.41) is 0. The fourth-order valence-corrected chi connectivity index (χ4v) is 2.45. The van der Waals surface area contributed by atoms with Crippen molar-refractivity contribution >= 4 is 17.9 Å². The van der Waals surface area contributed by atoms with Gasteiger partial charge < -0.3 is 18.9 Å². The van der Waals surface area contributed by atoms with Gasteiger partial charge in [-0.3, -0.25) is 14.4 Å². The van der Waals surface area contributed by atoms with Crippen molar-refractivity contribution in [2.24, 2.45) is 5.92 Å². The minimum Gasteiger partial charge on any atom is -0.458 e. The number of esters is 3. The van der Waals surface area contributed by atoms with Crippen molar-refractivity contribution in [3.05, 3.63) is 0 Å². The average molecular weight is 302 g/mol. The number of hydrogen-bond donors (Lipinski definition) is 0. The molecule has 1 aliphatic rings. The highest BCUT2D eigenvalue weighted by atomic mass is 16.7. The van der Waals surface area contributed by atoms with Crippen LogP contribution in [0.1, 0.15) is 41.0 Å². The predicted octanol–water partition coefficient (Wildman–Crippen LogP) is 1.18. The SMILES string of the molecule is CC[C@H]1O[C@H](OC(C)=O)[C@H](OC(C)=O)[C@@H](OC(C)=O)[C@@H]1C. The number of rotatable bonds is 4. The lowest BCUT2D eigenvalue weighted by molar-refractivity contribution is -0.281. The molecule has 0 aliphatic carbocycles. The lowest BCUT2D eigenvalue weighted by Gasteiger charge is -2.43. The smallest absolute Gasteiger partial charge is 0.305 e. The van der Waals surface area contributed by atoms with Crippen molar-refractivity contribution in [2.45, 2.75) is 65.6 Å². The Kier molecular flexibility index (Phi) is 6.14. The fraction of sp³-hybridized carbons (Fsp3) is 0.786. The Morgan fingerprint density at radius 1 is 0.905 bits per heavy atom. The Morgan fingerprint density at radius 3 is 1.81 bits per heavy atom. The van der Waals surface area contributed by atoms with Crippen LogP contribution in [-0.2, 0) is 33.3 Å². The van der Waals surface area contributed by atoms with Gasteiger partial charge in [-0.1, -0.05) is 13.8 Å². The molecule has 21 heavy (non-hydrogen) atoms. The topological polar surface area (TPSA) is 88.1 Å². The number of ether oxygens (including phenoxy) is 4. The first kappa shape index (κ1) is 17.4. The molecule has 0 aromatic heterocycles. The maximum Gasteiger partial charge on any atom is 0.305 e. The monoisotopic (exact) mass is 302 g/mol. The Labute approximate surface area is 123 Å². The van der Waals surface area contributed by atoms with Crippen LogP contribution in [0.3, 0.4) is 0 Å². The van der Waals surface area contributed by atoms with Crippen molar-refractivity contribution in [2.75, 3.05) is 0 Å². The molecular formula is C14H22O7. The molecule has 1 fully saturated rings. The van der Waals surface area contributed by atoms with Gasteiger partial charge in [-0.15, -0.1) is 0 Å². The third-order valence-corrected chi connectivity index (χ3v) is 3.29. The van der Waals surface area contributed by atoms with Crippen molar-refractivity contribution in [3.8, 4) is 0 Å². The first-order valence-corrected chi connectivity index (χ1v) is 6.93. The van der Waals surface area contributed by atoms with Gasteiger partial charge in [0.15, 0.2) is 0 Å². The largest absolute Gasteiger partial charge is 0.458 e. The zero-order valence-corrected chi connectivity index (χ0v) is 13.0. The van der Waals surface area contributed by atoms with Crippen LogP contribution in [0.2, 0.25) is 0 Å². The Hall–Kier alpha value is -1.63. The van der Waals surface area contributed by atoms with Gasteiger partial charge in [0.25, 0.3) is 0 Å².